The highest BCUT2D eigenvalue weighted by Gasteiger charge is 2.15. The van der Waals surface area contributed by atoms with Gasteiger partial charge in [0.05, 0.1) is 6.54 Å². The summed E-state index contributed by atoms with van der Waals surface area (Å²) in [7, 11) is 2.18. The topological polar surface area (TPSA) is 44.4 Å². The average Bonchev–Trinajstić information content (AvgIpc) is 2.48. The molecule has 1 aliphatic rings. The summed E-state index contributed by atoms with van der Waals surface area (Å²) in [6.45, 7) is 3.70. The van der Waals surface area contributed by atoms with Gasteiger partial charge in [0.2, 0.25) is 5.91 Å². The minimum Gasteiger partial charge on any atom is -0.325 e. The van der Waals surface area contributed by atoms with E-state index in [1.807, 2.05) is 24.3 Å². The summed E-state index contributed by atoms with van der Waals surface area (Å²) in [6.07, 6.45) is 3.73. The molecule has 0 unspecified atom stereocenters. The van der Waals surface area contributed by atoms with Crippen LogP contribution < -0.4 is 10.6 Å². The fourth-order valence-electron chi connectivity index (χ4n) is 2.60. The summed E-state index contributed by atoms with van der Waals surface area (Å²) in [5.74, 6) is 0.823. The molecule has 1 heterocycles. The molecule has 0 spiro atoms. The van der Waals surface area contributed by atoms with Gasteiger partial charge in [-0.15, -0.1) is 0 Å². The van der Waals surface area contributed by atoms with Crippen molar-refractivity contribution in [1.82, 2.24) is 10.2 Å². The number of benzene rings is 1. The Kier molecular flexibility index (Phi) is 6.67. The Labute approximate surface area is 135 Å². The predicted octanol–water partition coefficient (Wildman–Crippen LogP) is 2.71. The molecule has 1 fully saturated rings. The van der Waals surface area contributed by atoms with Crippen LogP contribution in [-0.4, -0.2) is 44.0 Å². The first-order valence-corrected chi connectivity index (χ1v) is 8.37. The highest BCUT2D eigenvalue weighted by Crippen LogP contribution is 2.18. The van der Waals surface area contributed by atoms with Crippen LogP contribution in [0.1, 0.15) is 19.3 Å². The molecule has 0 atom stereocenters. The highest BCUT2D eigenvalue weighted by molar-refractivity contribution is 9.10. The Balaban J connectivity index is 1.58. The number of likely N-dealkylation sites (tertiary alicyclic amines) is 1. The van der Waals surface area contributed by atoms with Crippen LogP contribution in [0.3, 0.4) is 0 Å². The molecule has 2 N–H and O–H groups in total. The van der Waals surface area contributed by atoms with E-state index in [-0.39, 0.29) is 5.91 Å². The number of halogens is 1. The Morgan fingerprint density at radius 1 is 1.29 bits per heavy atom. The molecule has 1 aliphatic heterocycles. The van der Waals surface area contributed by atoms with Crippen LogP contribution in [0.25, 0.3) is 0 Å². The summed E-state index contributed by atoms with van der Waals surface area (Å²) >= 11 is 3.38. The number of hydrogen-bond acceptors (Lipinski definition) is 3. The van der Waals surface area contributed by atoms with E-state index in [2.05, 4.69) is 38.5 Å². The lowest BCUT2D eigenvalue weighted by Crippen LogP contribution is -2.33. The number of nitrogens with zero attached hydrogens (tertiary/aromatic N) is 1. The van der Waals surface area contributed by atoms with Crippen molar-refractivity contribution in [3.05, 3.63) is 28.7 Å². The van der Waals surface area contributed by atoms with Gasteiger partial charge >= 0.3 is 0 Å². The minimum atomic E-state index is 0.0145. The summed E-state index contributed by atoms with van der Waals surface area (Å²) in [6, 6.07) is 7.62. The maximum atomic E-state index is 11.8. The van der Waals surface area contributed by atoms with E-state index in [1.165, 1.54) is 32.4 Å². The minimum absolute atomic E-state index is 0.0145. The van der Waals surface area contributed by atoms with Crippen LogP contribution >= 0.6 is 15.9 Å². The van der Waals surface area contributed by atoms with Gasteiger partial charge in [0.25, 0.3) is 0 Å². The van der Waals surface area contributed by atoms with Crippen molar-refractivity contribution in [1.29, 1.82) is 0 Å². The van der Waals surface area contributed by atoms with Crippen molar-refractivity contribution < 1.29 is 4.79 Å². The third-order valence-electron chi connectivity index (χ3n) is 3.98. The van der Waals surface area contributed by atoms with Crippen LogP contribution in [0.2, 0.25) is 0 Å². The molecule has 5 heteroatoms. The zero-order valence-electron chi connectivity index (χ0n) is 12.6. The van der Waals surface area contributed by atoms with Gasteiger partial charge in [0.15, 0.2) is 0 Å². The van der Waals surface area contributed by atoms with Crippen LogP contribution in [0, 0.1) is 5.92 Å². The van der Waals surface area contributed by atoms with Gasteiger partial charge in [-0.05, 0) is 76.1 Å². The monoisotopic (exact) mass is 353 g/mol. The molecule has 4 nitrogen and oxygen atoms in total. The van der Waals surface area contributed by atoms with E-state index >= 15 is 0 Å². The van der Waals surface area contributed by atoms with Gasteiger partial charge < -0.3 is 15.5 Å². The second-order valence-electron chi connectivity index (χ2n) is 5.77. The standard InChI is InChI=1S/C16H24BrN3O/c1-20-10-7-13(8-11-20)6-9-18-12-16(21)19-15-4-2-14(17)3-5-15/h2-5,13,18H,6-12H2,1H3,(H,19,21). The second kappa shape index (κ2) is 8.51. The zero-order valence-corrected chi connectivity index (χ0v) is 14.2. The van der Waals surface area contributed by atoms with Gasteiger partial charge in [0, 0.05) is 10.2 Å². The molecule has 116 valence electrons. The largest absolute Gasteiger partial charge is 0.325 e. The Morgan fingerprint density at radius 3 is 2.62 bits per heavy atom. The van der Waals surface area contributed by atoms with Crippen molar-refractivity contribution >= 4 is 27.5 Å². The number of carbonyl (C=O) groups is 1. The van der Waals surface area contributed by atoms with E-state index in [4.69, 9.17) is 0 Å². The van der Waals surface area contributed by atoms with Crippen LogP contribution in [0.4, 0.5) is 5.69 Å². The maximum absolute atomic E-state index is 11.8. The van der Waals surface area contributed by atoms with Crippen molar-refractivity contribution in [3.63, 3.8) is 0 Å². The maximum Gasteiger partial charge on any atom is 0.238 e. The van der Waals surface area contributed by atoms with Crippen LogP contribution in [-0.2, 0) is 4.79 Å². The first-order valence-electron chi connectivity index (χ1n) is 7.58. The number of rotatable bonds is 6. The molecule has 0 saturated carbocycles. The molecule has 0 bridgehead atoms. The number of amides is 1. The summed E-state index contributed by atoms with van der Waals surface area (Å²) in [4.78, 5) is 14.2. The first-order chi connectivity index (χ1) is 10.1. The molecular weight excluding hydrogens is 330 g/mol. The Hall–Kier alpha value is -0.910. The lowest BCUT2D eigenvalue weighted by molar-refractivity contribution is -0.115. The molecule has 2 rings (SSSR count). The van der Waals surface area contributed by atoms with Crippen LogP contribution in [0.15, 0.2) is 28.7 Å². The summed E-state index contributed by atoms with van der Waals surface area (Å²) < 4.78 is 1.01. The van der Waals surface area contributed by atoms with E-state index in [0.29, 0.717) is 6.54 Å². The zero-order chi connectivity index (χ0) is 15.1. The van der Waals surface area contributed by atoms with Gasteiger partial charge in [-0.25, -0.2) is 0 Å². The number of nitrogens with one attached hydrogen (secondary N) is 2. The highest BCUT2D eigenvalue weighted by atomic mass is 79.9. The van der Waals surface area contributed by atoms with Crippen molar-refractivity contribution in [2.45, 2.75) is 19.3 Å². The quantitative estimate of drug-likeness (QED) is 0.772. The fourth-order valence-corrected chi connectivity index (χ4v) is 2.86. The van der Waals surface area contributed by atoms with E-state index in [1.54, 1.807) is 0 Å². The molecule has 1 aromatic rings. The molecule has 1 aromatic carbocycles. The van der Waals surface area contributed by atoms with E-state index in [9.17, 15) is 4.79 Å². The molecular formula is C16H24BrN3O. The summed E-state index contributed by atoms with van der Waals surface area (Å²) in [5.41, 5.74) is 0.834. The molecule has 0 radical (unpaired) electrons. The van der Waals surface area contributed by atoms with Crippen LogP contribution in [0.5, 0.6) is 0 Å². The van der Waals surface area contributed by atoms with E-state index in [0.717, 1.165) is 22.6 Å². The van der Waals surface area contributed by atoms with Gasteiger partial charge in [-0.1, -0.05) is 15.9 Å². The number of anilines is 1. The number of hydrogen-bond donors (Lipinski definition) is 2. The SMILES string of the molecule is CN1CCC(CCNCC(=O)Nc2ccc(Br)cc2)CC1. The fraction of sp³-hybridized carbons (Fsp3) is 0.562. The molecule has 0 aromatic heterocycles. The predicted molar refractivity (Wildman–Crippen MR) is 90.5 cm³/mol. The molecule has 1 amide bonds. The smallest absolute Gasteiger partial charge is 0.238 e. The molecule has 1 saturated heterocycles. The molecule has 21 heavy (non-hydrogen) atoms. The van der Waals surface area contributed by atoms with Gasteiger partial charge in [-0.2, -0.15) is 0 Å². The third kappa shape index (κ3) is 6.16. The van der Waals surface area contributed by atoms with Gasteiger partial charge in [-0.3, -0.25) is 4.79 Å². The number of carbonyl (C=O) groups excluding carboxylic acids is 1. The normalized spacial score (nSPS) is 16.9. The average molecular weight is 354 g/mol. The lowest BCUT2D eigenvalue weighted by Gasteiger charge is -2.28. The van der Waals surface area contributed by atoms with E-state index < -0.39 is 0 Å². The van der Waals surface area contributed by atoms with Crippen molar-refractivity contribution in [2.75, 3.05) is 38.5 Å². The van der Waals surface area contributed by atoms with Gasteiger partial charge in [0.1, 0.15) is 0 Å². The van der Waals surface area contributed by atoms with Crippen molar-refractivity contribution in [2.24, 2.45) is 5.92 Å². The third-order valence-corrected chi connectivity index (χ3v) is 4.51. The molecule has 0 aliphatic carbocycles. The number of piperidine rings is 1. The summed E-state index contributed by atoms with van der Waals surface area (Å²) in [5, 5.41) is 6.12. The second-order valence-corrected chi connectivity index (χ2v) is 6.68. The Bertz CT molecular complexity index is 441. The van der Waals surface area contributed by atoms with Crippen molar-refractivity contribution in [3.8, 4) is 0 Å². The first kappa shape index (κ1) is 16.5. The lowest BCUT2D eigenvalue weighted by atomic mass is 9.94. The Morgan fingerprint density at radius 2 is 1.95 bits per heavy atom.